The van der Waals surface area contributed by atoms with Crippen molar-refractivity contribution in [3.05, 3.63) is 29.8 Å². The number of aliphatic hydroxyl groups excluding tert-OH is 1. The van der Waals surface area contributed by atoms with Crippen LogP contribution in [0, 0.1) is 5.92 Å². The van der Waals surface area contributed by atoms with E-state index in [4.69, 9.17) is 22.3 Å². The number of carbonyl (C=O) groups excluding carboxylic acids is 10. The van der Waals surface area contributed by atoms with Gasteiger partial charge in [-0.1, -0.05) is 26.0 Å². The minimum absolute atomic E-state index is 0.0152. The Morgan fingerprint density at radius 2 is 1.00 bits per heavy atom. The zero-order valence-corrected chi connectivity index (χ0v) is 34.5. The lowest BCUT2D eigenvalue weighted by atomic mass is 10.0. The number of benzene rings is 1. The molecule has 0 radical (unpaired) electrons. The summed E-state index contributed by atoms with van der Waals surface area (Å²) in [5, 5.41) is 46.3. The van der Waals surface area contributed by atoms with E-state index in [0.29, 0.717) is 5.56 Å². The maximum absolute atomic E-state index is 13.4. The van der Waals surface area contributed by atoms with Crippen LogP contribution in [0.5, 0.6) is 5.75 Å². The molecule has 6 atom stereocenters. The smallest absolute Gasteiger partial charge is 0.325 e. The fourth-order valence-electron chi connectivity index (χ4n) is 5.26. The zero-order chi connectivity index (χ0) is 47.1. The molecule has 25 nitrogen and oxygen atoms in total. The molecule has 10 amide bonds. The molecule has 25 heteroatoms. The summed E-state index contributed by atoms with van der Waals surface area (Å²) < 4.78 is 0. The molecule has 0 aliphatic rings. The number of carboxylic acids is 1. The second kappa shape index (κ2) is 27.1. The number of aromatic hydroxyl groups is 1. The number of rotatable bonds is 28. The number of amides is 10. The number of hydrogen-bond acceptors (Lipinski definition) is 14. The molecule has 0 heterocycles. The van der Waals surface area contributed by atoms with Gasteiger partial charge in [0.2, 0.25) is 59.1 Å². The summed E-state index contributed by atoms with van der Waals surface area (Å²) in [6.45, 7) is 1.49. The molecular formula is C37H57N11O14. The first-order valence-electron chi connectivity index (χ1n) is 19.3. The minimum Gasteiger partial charge on any atom is -0.508 e. The Morgan fingerprint density at radius 1 is 0.581 bits per heavy atom. The van der Waals surface area contributed by atoms with Gasteiger partial charge >= 0.3 is 5.97 Å². The second-order valence-electron chi connectivity index (χ2n) is 14.4. The molecule has 0 spiro atoms. The first-order valence-corrected chi connectivity index (χ1v) is 19.3. The second-order valence-corrected chi connectivity index (χ2v) is 14.4. The number of carboxylic acid groups (broad SMARTS) is 1. The lowest BCUT2D eigenvalue weighted by Gasteiger charge is -2.24. The van der Waals surface area contributed by atoms with Gasteiger partial charge in [0.1, 0.15) is 36.0 Å². The average molecular weight is 880 g/mol. The summed E-state index contributed by atoms with van der Waals surface area (Å²) in [6, 6.07) is -2.33. The van der Waals surface area contributed by atoms with Crippen LogP contribution in [0.1, 0.15) is 58.4 Å². The number of primary amides is 2. The third kappa shape index (κ3) is 21.4. The van der Waals surface area contributed by atoms with Gasteiger partial charge in [0.15, 0.2) is 0 Å². The van der Waals surface area contributed by atoms with Crippen molar-refractivity contribution < 1.29 is 68.1 Å². The summed E-state index contributed by atoms with van der Waals surface area (Å²) in [5.41, 5.74) is 17.0. The predicted molar refractivity (Wildman–Crippen MR) is 215 cm³/mol. The number of aliphatic hydroxyl groups is 1. The summed E-state index contributed by atoms with van der Waals surface area (Å²) in [6.07, 6.45) is -1.33. The number of carbonyl (C=O) groups is 11. The Balaban J connectivity index is 2.91. The molecule has 1 aromatic carbocycles. The molecule has 1 aromatic rings. The highest BCUT2D eigenvalue weighted by Crippen LogP contribution is 2.11. The maximum Gasteiger partial charge on any atom is 0.325 e. The van der Waals surface area contributed by atoms with Crippen molar-refractivity contribution in [3.8, 4) is 5.75 Å². The highest BCUT2D eigenvalue weighted by Gasteiger charge is 2.30. The van der Waals surface area contributed by atoms with Crippen LogP contribution in [0.4, 0.5) is 0 Å². The van der Waals surface area contributed by atoms with E-state index in [1.165, 1.54) is 19.1 Å². The number of phenolic OH excluding ortho intramolecular Hbond substituents is 1. The molecule has 0 aromatic heterocycles. The van der Waals surface area contributed by atoms with Crippen LogP contribution in [0.3, 0.4) is 0 Å². The van der Waals surface area contributed by atoms with Crippen LogP contribution in [-0.2, 0) is 59.2 Å². The molecule has 344 valence electrons. The Kier molecular flexibility index (Phi) is 23.2. The molecule has 0 aliphatic heterocycles. The first-order chi connectivity index (χ1) is 29.0. The third-order valence-electron chi connectivity index (χ3n) is 8.56. The highest BCUT2D eigenvalue weighted by atomic mass is 16.4. The van der Waals surface area contributed by atoms with E-state index in [0.717, 1.165) is 0 Å². The summed E-state index contributed by atoms with van der Waals surface area (Å²) in [7, 11) is 0. The van der Waals surface area contributed by atoms with Gasteiger partial charge in [-0.15, -0.1) is 0 Å². The van der Waals surface area contributed by atoms with Gasteiger partial charge in [0, 0.05) is 12.8 Å². The van der Waals surface area contributed by atoms with E-state index in [1.54, 1.807) is 26.0 Å². The van der Waals surface area contributed by atoms with E-state index in [9.17, 15) is 63.0 Å². The third-order valence-corrected chi connectivity index (χ3v) is 8.56. The van der Waals surface area contributed by atoms with Gasteiger partial charge < -0.3 is 75.1 Å². The van der Waals surface area contributed by atoms with Crippen LogP contribution in [0.2, 0.25) is 0 Å². The van der Waals surface area contributed by atoms with Crippen LogP contribution >= 0.6 is 0 Å². The Morgan fingerprint density at radius 3 is 1.47 bits per heavy atom. The molecule has 0 unspecified atom stereocenters. The largest absolute Gasteiger partial charge is 0.508 e. The zero-order valence-electron chi connectivity index (χ0n) is 34.5. The molecule has 0 saturated carbocycles. The summed E-state index contributed by atoms with van der Waals surface area (Å²) >= 11 is 0. The predicted octanol–water partition coefficient (Wildman–Crippen LogP) is -6.29. The molecular weight excluding hydrogens is 822 g/mol. The SMILES string of the molecule is CC(C)C[C@H](NC(=O)[C@H](CCC(N)=O)NC(=O)CNC(=O)[C@@H](N)Cc1ccc(O)cc1)C(=O)NCC(=O)N[C@@H](CO)C(=O)N[C@@H](CCC(N)=O)C(=O)NCC(=O)N[C@@H](C)C(=O)O. The highest BCUT2D eigenvalue weighted by molar-refractivity contribution is 5.97. The quantitative estimate of drug-likeness (QED) is 0.0372. The van der Waals surface area contributed by atoms with E-state index in [-0.39, 0.29) is 43.8 Å². The number of nitrogens with one attached hydrogen (secondary N) is 8. The summed E-state index contributed by atoms with van der Waals surface area (Å²) in [4.78, 5) is 136. The van der Waals surface area contributed by atoms with Crippen molar-refractivity contribution >= 4 is 65.0 Å². The van der Waals surface area contributed by atoms with Crippen LogP contribution in [0.25, 0.3) is 0 Å². The lowest BCUT2D eigenvalue weighted by Crippen LogP contribution is -2.58. The van der Waals surface area contributed by atoms with Gasteiger partial charge in [-0.2, -0.15) is 0 Å². The lowest BCUT2D eigenvalue weighted by molar-refractivity contribution is -0.141. The van der Waals surface area contributed by atoms with Gasteiger partial charge in [0.25, 0.3) is 0 Å². The topological polar surface area (TPSA) is 423 Å². The Hall–Kier alpha value is -6.89. The van der Waals surface area contributed by atoms with Crippen molar-refractivity contribution in [1.29, 1.82) is 0 Å². The van der Waals surface area contributed by atoms with Crippen LogP contribution < -0.4 is 59.7 Å². The molecule has 0 saturated heterocycles. The standard InChI is InChI=1S/C37H57N11O14/c1-18(2)12-25(48-35(59)24(9-11-28(40)52)45-30(54)15-41-32(56)22(38)13-20-4-6-21(50)7-5-20)34(58)43-16-31(55)46-26(17-49)36(60)47-23(8-10-27(39)51)33(57)42-14-29(53)44-19(3)37(61)62/h4-7,18-19,22-26,49-50H,8-17,38H2,1-3H3,(H2,39,51)(H2,40,52)(H,41,56)(H,42,57)(H,43,58)(H,44,53)(H,45,54)(H,46,55)(H,47,60)(H,48,59)(H,61,62)/t19-,22-,23-,24-,25-,26-/m0/s1. The number of aliphatic carboxylic acids is 1. The van der Waals surface area contributed by atoms with E-state index in [2.05, 4.69) is 42.5 Å². The number of nitrogens with two attached hydrogens (primary N) is 3. The van der Waals surface area contributed by atoms with Crippen LogP contribution in [0.15, 0.2) is 24.3 Å². The monoisotopic (exact) mass is 879 g/mol. The normalized spacial score (nSPS) is 13.6. The first kappa shape index (κ1) is 53.1. The maximum atomic E-state index is 13.4. The molecule has 0 fully saturated rings. The Labute approximate surface area is 355 Å². The van der Waals surface area contributed by atoms with E-state index < -0.39 is 134 Å². The number of phenols is 1. The number of hydrogen-bond donors (Lipinski definition) is 14. The summed E-state index contributed by atoms with van der Waals surface area (Å²) in [5.74, 6) is -10.5. The van der Waals surface area contributed by atoms with Crippen molar-refractivity contribution in [1.82, 2.24) is 42.5 Å². The van der Waals surface area contributed by atoms with Crippen molar-refractivity contribution in [2.45, 2.75) is 95.5 Å². The molecule has 1 rings (SSSR count). The molecule has 17 N–H and O–H groups in total. The van der Waals surface area contributed by atoms with Crippen LogP contribution in [-0.4, -0.2) is 143 Å². The van der Waals surface area contributed by atoms with Crippen molar-refractivity contribution in [2.24, 2.45) is 23.1 Å². The van der Waals surface area contributed by atoms with E-state index >= 15 is 0 Å². The fourth-order valence-corrected chi connectivity index (χ4v) is 5.26. The van der Waals surface area contributed by atoms with Crippen molar-refractivity contribution in [2.75, 3.05) is 26.2 Å². The van der Waals surface area contributed by atoms with Gasteiger partial charge in [-0.05, 0) is 56.2 Å². The van der Waals surface area contributed by atoms with Gasteiger partial charge in [-0.3, -0.25) is 52.7 Å². The van der Waals surface area contributed by atoms with Crippen molar-refractivity contribution in [3.63, 3.8) is 0 Å². The fraction of sp³-hybridized carbons (Fsp3) is 0.541. The molecule has 0 aliphatic carbocycles. The minimum atomic E-state index is -1.71. The molecule has 0 bridgehead atoms. The van der Waals surface area contributed by atoms with Gasteiger partial charge in [0.05, 0.1) is 32.3 Å². The van der Waals surface area contributed by atoms with E-state index in [1.807, 2.05) is 0 Å². The Bertz CT molecular complexity index is 1780. The molecule has 62 heavy (non-hydrogen) atoms. The van der Waals surface area contributed by atoms with Gasteiger partial charge in [-0.25, -0.2) is 0 Å². The average Bonchev–Trinajstić information content (AvgIpc) is 3.20.